The Bertz CT molecular complexity index is 898. The van der Waals surface area contributed by atoms with Crippen LogP contribution in [0.15, 0.2) is 23.0 Å². The summed E-state index contributed by atoms with van der Waals surface area (Å²) in [5.74, 6) is 1.15. The second kappa shape index (κ2) is 5.39. The molecule has 126 valence electrons. The number of aryl methyl sites for hydroxylation is 2. The van der Waals surface area contributed by atoms with E-state index in [-0.39, 0.29) is 0 Å². The van der Waals surface area contributed by atoms with Crippen LogP contribution in [0, 0.1) is 13.8 Å². The lowest BCUT2D eigenvalue weighted by Crippen LogP contribution is -2.39. The van der Waals surface area contributed by atoms with E-state index in [2.05, 4.69) is 46.0 Å². The zero-order chi connectivity index (χ0) is 16.9. The summed E-state index contributed by atoms with van der Waals surface area (Å²) in [6.45, 7) is 6.40. The summed E-state index contributed by atoms with van der Waals surface area (Å²) in [5.41, 5.74) is 10.4. The Morgan fingerprint density at radius 1 is 1.29 bits per heavy atom. The van der Waals surface area contributed by atoms with Crippen molar-refractivity contribution in [2.24, 2.45) is 5.73 Å². The molecule has 1 saturated heterocycles. The molecule has 1 aliphatic rings. The Morgan fingerprint density at radius 3 is 2.83 bits per heavy atom. The van der Waals surface area contributed by atoms with Crippen LogP contribution in [0.4, 0.5) is 0 Å². The number of rotatable bonds is 3. The largest absolute Gasteiger partial charge is 0.337 e. The molecule has 7 nitrogen and oxygen atoms in total. The number of likely N-dealkylation sites (tertiary alicyclic amines) is 1. The molecule has 0 saturated carbocycles. The monoisotopic (exact) mass is 326 g/mol. The minimum atomic E-state index is -0.537. The maximum Gasteiger partial charge on any atom is 0.248 e. The van der Waals surface area contributed by atoms with Crippen LogP contribution in [0.2, 0.25) is 0 Å². The summed E-state index contributed by atoms with van der Waals surface area (Å²) in [7, 11) is 2.05. The van der Waals surface area contributed by atoms with Gasteiger partial charge in [-0.15, -0.1) is 0 Å². The highest BCUT2D eigenvalue weighted by Gasteiger charge is 2.39. The van der Waals surface area contributed by atoms with E-state index in [9.17, 15) is 0 Å². The first kappa shape index (κ1) is 15.3. The number of benzene rings is 1. The quantitative estimate of drug-likeness (QED) is 0.786. The van der Waals surface area contributed by atoms with Gasteiger partial charge in [-0.3, -0.25) is 0 Å². The van der Waals surface area contributed by atoms with Gasteiger partial charge in [0.05, 0.1) is 23.9 Å². The number of hydrogen-bond donors (Lipinski definition) is 1. The van der Waals surface area contributed by atoms with Gasteiger partial charge in [0, 0.05) is 13.1 Å². The predicted molar refractivity (Wildman–Crippen MR) is 90.6 cm³/mol. The number of aromatic nitrogens is 4. The standard InChI is InChI=1S/C17H22N6O/c1-11-6-13-14(7-12(11)2)23(10-19-13)8-15-20-16(24-21-15)17(18)4-5-22(3)9-17/h6-7,10H,4-5,8-9,18H2,1-3H3. The Labute approximate surface area is 140 Å². The molecule has 1 unspecified atom stereocenters. The van der Waals surface area contributed by atoms with Crippen molar-refractivity contribution < 1.29 is 4.52 Å². The Hall–Kier alpha value is -2.25. The molecular formula is C17H22N6O. The van der Waals surface area contributed by atoms with Gasteiger partial charge in [-0.25, -0.2) is 4.98 Å². The average molecular weight is 326 g/mol. The van der Waals surface area contributed by atoms with Crippen LogP contribution < -0.4 is 5.73 Å². The van der Waals surface area contributed by atoms with Gasteiger partial charge in [0.2, 0.25) is 5.89 Å². The number of nitrogens with zero attached hydrogens (tertiary/aromatic N) is 5. The number of likely N-dealkylation sites (N-methyl/N-ethyl adjacent to an activating group) is 1. The first-order valence-corrected chi connectivity index (χ1v) is 8.17. The molecule has 1 atom stereocenters. The molecule has 0 amide bonds. The maximum absolute atomic E-state index is 6.43. The van der Waals surface area contributed by atoms with Crippen molar-refractivity contribution >= 4 is 11.0 Å². The van der Waals surface area contributed by atoms with Crippen LogP contribution in [0.3, 0.4) is 0 Å². The van der Waals surface area contributed by atoms with E-state index in [0.717, 1.165) is 30.5 Å². The smallest absolute Gasteiger partial charge is 0.248 e. The summed E-state index contributed by atoms with van der Waals surface area (Å²) in [5, 5.41) is 4.12. The Morgan fingerprint density at radius 2 is 2.08 bits per heavy atom. The molecule has 0 aliphatic carbocycles. The molecular weight excluding hydrogens is 304 g/mol. The maximum atomic E-state index is 6.43. The minimum absolute atomic E-state index is 0.522. The molecule has 0 spiro atoms. The van der Waals surface area contributed by atoms with E-state index in [1.165, 1.54) is 11.1 Å². The van der Waals surface area contributed by atoms with Gasteiger partial charge >= 0.3 is 0 Å². The molecule has 0 bridgehead atoms. The number of hydrogen-bond acceptors (Lipinski definition) is 6. The molecule has 2 N–H and O–H groups in total. The zero-order valence-corrected chi connectivity index (χ0v) is 14.3. The third-order valence-corrected chi connectivity index (χ3v) is 4.93. The van der Waals surface area contributed by atoms with Crippen LogP contribution >= 0.6 is 0 Å². The Kier molecular flexibility index (Phi) is 3.43. The van der Waals surface area contributed by atoms with E-state index in [4.69, 9.17) is 10.3 Å². The second-order valence-corrected chi connectivity index (χ2v) is 6.96. The van der Waals surface area contributed by atoms with Crippen molar-refractivity contribution in [1.82, 2.24) is 24.6 Å². The van der Waals surface area contributed by atoms with Crippen molar-refractivity contribution in [3.63, 3.8) is 0 Å². The molecule has 1 aliphatic heterocycles. The highest BCUT2D eigenvalue weighted by Crippen LogP contribution is 2.27. The van der Waals surface area contributed by atoms with Gasteiger partial charge in [0.25, 0.3) is 0 Å². The average Bonchev–Trinajstić information content (AvgIpc) is 3.23. The first-order valence-electron chi connectivity index (χ1n) is 8.17. The summed E-state index contributed by atoms with van der Waals surface area (Å²) in [6, 6.07) is 4.25. The fraction of sp³-hybridized carbons (Fsp3) is 0.471. The van der Waals surface area contributed by atoms with Crippen LogP contribution in [-0.2, 0) is 12.1 Å². The molecule has 1 fully saturated rings. The van der Waals surface area contributed by atoms with Crippen molar-refractivity contribution in [2.75, 3.05) is 20.1 Å². The summed E-state index contributed by atoms with van der Waals surface area (Å²) < 4.78 is 7.50. The first-order chi connectivity index (χ1) is 11.4. The van der Waals surface area contributed by atoms with Gasteiger partial charge in [-0.2, -0.15) is 4.98 Å². The van der Waals surface area contributed by atoms with Crippen molar-refractivity contribution in [3.05, 3.63) is 41.3 Å². The molecule has 3 heterocycles. The van der Waals surface area contributed by atoms with E-state index in [0.29, 0.717) is 18.3 Å². The van der Waals surface area contributed by atoms with E-state index in [1.54, 1.807) is 0 Å². The van der Waals surface area contributed by atoms with Crippen LogP contribution in [0.5, 0.6) is 0 Å². The molecule has 2 aromatic heterocycles. The number of nitrogens with two attached hydrogens (primary N) is 1. The zero-order valence-electron chi connectivity index (χ0n) is 14.3. The van der Waals surface area contributed by atoms with Crippen molar-refractivity contribution in [1.29, 1.82) is 0 Å². The van der Waals surface area contributed by atoms with Crippen molar-refractivity contribution in [3.8, 4) is 0 Å². The lowest BCUT2D eigenvalue weighted by Gasteiger charge is -2.18. The minimum Gasteiger partial charge on any atom is -0.337 e. The third kappa shape index (κ3) is 2.50. The topological polar surface area (TPSA) is 86.0 Å². The SMILES string of the molecule is Cc1cc2ncn(Cc3noc(C4(N)CCN(C)C4)n3)c2cc1C. The van der Waals surface area contributed by atoms with Crippen molar-refractivity contribution in [2.45, 2.75) is 32.4 Å². The molecule has 24 heavy (non-hydrogen) atoms. The Balaban J connectivity index is 1.62. The molecule has 1 aromatic carbocycles. The van der Waals surface area contributed by atoms with E-state index < -0.39 is 5.54 Å². The number of imidazole rings is 1. The summed E-state index contributed by atoms with van der Waals surface area (Å²) in [6.07, 6.45) is 2.65. The highest BCUT2D eigenvalue weighted by molar-refractivity contribution is 5.77. The fourth-order valence-electron chi connectivity index (χ4n) is 3.32. The van der Waals surface area contributed by atoms with Gasteiger partial charge < -0.3 is 19.7 Å². The predicted octanol–water partition coefficient (Wildman–Crippen LogP) is 1.57. The van der Waals surface area contributed by atoms with Crippen LogP contribution in [-0.4, -0.2) is 44.7 Å². The van der Waals surface area contributed by atoms with Crippen LogP contribution in [0.25, 0.3) is 11.0 Å². The fourth-order valence-corrected chi connectivity index (χ4v) is 3.32. The molecule has 0 radical (unpaired) electrons. The van der Waals surface area contributed by atoms with Gasteiger partial charge in [0.1, 0.15) is 5.54 Å². The second-order valence-electron chi connectivity index (χ2n) is 6.96. The van der Waals surface area contributed by atoms with Gasteiger partial charge in [-0.05, 0) is 50.6 Å². The number of fused-ring (bicyclic) bond motifs is 1. The van der Waals surface area contributed by atoms with Crippen LogP contribution in [0.1, 0.15) is 29.3 Å². The van der Waals surface area contributed by atoms with Gasteiger partial charge in [-0.1, -0.05) is 5.16 Å². The molecule has 4 rings (SSSR count). The van der Waals surface area contributed by atoms with E-state index in [1.807, 2.05) is 17.9 Å². The normalized spacial score (nSPS) is 21.8. The highest BCUT2D eigenvalue weighted by atomic mass is 16.5. The summed E-state index contributed by atoms with van der Waals surface area (Å²) in [4.78, 5) is 11.2. The molecule has 3 aromatic rings. The molecule has 7 heteroatoms. The lowest BCUT2D eigenvalue weighted by atomic mass is 10.0. The lowest BCUT2D eigenvalue weighted by molar-refractivity contribution is 0.276. The van der Waals surface area contributed by atoms with E-state index >= 15 is 0 Å². The van der Waals surface area contributed by atoms with Gasteiger partial charge in [0.15, 0.2) is 5.82 Å². The summed E-state index contributed by atoms with van der Waals surface area (Å²) >= 11 is 0. The third-order valence-electron chi connectivity index (χ3n) is 4.93.